The minimum atomic E-state index is 0.468. The van der Waals surface area contributed by atoms with Crippen LogP contribution in [0.15, 0.2) is 24.5 Å². The number of aromatic nitrogens is 3. The van der Waals surface area contributed by atoms with E-state index in [1.807, 2.05) is 12.1 Å². The van der Waals surface area contributed by atoms with E-state index in [0.29, 0.717) is 12.4 Å². The molecule has 0 amide bonds. The molecule has 4 N–H and O–H groups in total. The van der Waals surface area contributed by atoms with Gasteiger partial charge in [-0.15, -0.1) is 0 Å². The topological polar surface area (TPSA) is 88.8 Å². The van der Waals surface area contributed by atoms with Crippen LogP contribution in [-0.2, 0) is 6.54 Å². The maximum atomic E-state index is 5.79. The van der Waals surface area contributed by atoms with E-state index < -0.39 is 0 Å². The van der Waals surface area contributed by atoms with Crippen molar-refractivity contribution in [3.63, 3.8) is 0 Å². The van der Waals surface area contributed by atoms with Gasteiger partial charge in [0, 0.05) is 11.8 Å². The summed E-state index contributed by atoms with van der Waals surface area (Å²) in [5.41, 5.74) is 14.1. The lowest BCUT2D eigenvalue weighted by molar-refractivity contribution is 0.842. The largest absolute Gasteiger partial charge is 0.383 e. The average Bonchev–Trinajstić information content (AvgIpc) is 2.76. The molecule has 2 aromatic rings. The summed E-state index contributed by atoms with van der Waals surface area (Å²) in [6, 6.07) is 3.71. The van der Waals surface area contributed by atoms with Gasteiger partial charge < -0.3 is 11.2 Å². The van der Waals surface area contributed by atoms with Gasteiger partial charge in [-0.1, -0.05) is 0 Å². The summed E-state index contributed by atoms with van der Waals surface area (Å²) in [6.07, 6.45) is 3.34. The minimum Gasteiger partial charge on any atom is -0.383 e. The van der Waals surface area contributed by atoms with E-state index in [2.05, 4.69) is 25.8 Å². The molecule has 80 valence electrons. The third-order valence-corrected chi connectivity index (χ3v) is 2.42. The SMILES string of the molecule is Nc1ncccc1-c1cnc2c(n1)CNN2. The molecule has 0 aromatic carbocycles. The standard InChI is InChI=1S/C10H10N6/c11-9-6(2-1-3-12-9)7-4-13-10-8(15-7)5-14-16-10/h1-4,14H,5H2,(H2,11,12)(H,13,16). The number of pyridine rings is 1. The van der Waals surface area contributed by atoms with E-state index in [-0.39, 0.29) is 0 Å². The first-order valence-corrected chi connectivity index (χ1v) is 4.90. The molecule has 1 aliphatic rings. The molecule has 0 aliphatic carbocycles. The Bertz CT molecular complexity index is 539. The zero-order valence-electron chi connectivity index (χ0n) is 8.44. The molecule has 0 atom stereocenters. The number of hydrogen-bond acceptors (Lipinski definition) is 6. The van der Waals surface area contributed by atoms with Crippen molar-refractivity contribution < 1.29 is 0 Å². The first-order chi connectivity index (χ1) is 7.84. The predicted octanol–water partition coefficient (Wildman–Crippen LogP) is 0.551. The second-order valence-electron chi connectivity index (χ2n) is 3.47. The third-order valence-electron chi connectivity index (χ3n) is 2.42. The van der Waals surface area contributed by atoms with Crippen molar-refractivity contribution in [3.8, 4) is 11.3 Å². The smallest absolute Gasteiger partial charge is 0.163 e. The Hall–Kier alpha value is -2.21. The first-order valence-electron chi connectivity index (χ1n) is 4.90. The number of anilines is 2. The average molecular weight is 214 g/mol. The number of nitrogens with one attached hydrogen (secondary N) is 2. The van der Waals surface area contributed by atoms with Gasteiger partial charge in [0.1, 0.15) is 11.5 Å². The maximum absolute atomic E-state index is 5.79. The number of fused-ring (bicyclic) bond motifs is 1. The summed E-state index contributed by atoms with van der Waals surface area (Å²) in [4.78, 5) is 12.8. The Labute approximate surface area is 91.9 Å². The van der Waals surface area contributed by atoms with Gasteiger partial charge in [-0.05, 0) is 12.1 Å². The second kappa shape index (κ2) is 3.42. The van der Waals surface area contributed by atoms with E-state index >= 15 is 0 Å². The molecule has 0 radical (unpaired) electrons. The number of hydrogen-bond donors (Lipinski definition) is 3. The Morgan fingerprint density at radius 2 is 2.25 bits per heavy atom. The number of hydrazine groups is 1. The van der Waals surface area contributed by atoms with Crippen molar-refractivity contribution >= 4 is 11.6 Å². The molecule has 2 aromatic heterocycles. The Morgan fingerprint density at radius 1 is 1.31 bits per heavy atom. The number of nitrogens with two attached hydrogens (primary N) is 1. The molecule has 0 saturated carbocycles. The molecule has 0 bridgehead atoms. The summed E-state index contributed by atoms with van der Waals surface area (Å²) in [6.45, 7) is 0.663. The molecule has 0 saturated heterocycles. The van der Waals surface area contributed by atoms with Gasteiger partial charge in [0.25, 0.3) is 0 Å². The highest BCUT2D eigenvalue weighted by Gasteiger charge is 2.14. The van der Waals surface area contributed by atoms with Gasteiger partial charge in [-0.2, -0.15) is 0 Å². The fourth-order valence-electron chi connectivity index (χ4n) is 1.63. The number of rotatable bonds is 1. The van der Waals surface area contributed by atoms with Crippen molar-refractivity contribution in [2.45, 2.75) is 6.54 Å². The van der Waals surface area contributed by atoms with Gasteiger partial charge in [-0.3, -0.25) is 0 Å². The first kappa shape index (κ1) is 9.05. The quantitative estimate of drug-likeness (QED) is 0.642. The Morgan fingerprint density at radius 3 is 3.12 bits per heavy atom. The Kier molecular flexibility index (Phi) is 1.94. The van der Waals surface area contributed by atoms with Gasteiger partial charge >= 0.3 is 0 Å². The minimum absolute atomic E-state index is 0.468. The summed E-state index contributed by atoms with van der Waals surface area (Å²) in [5, 5.41) is 0. The molecular formula is C10H10N6. The van der Waals surface area contributed by atoms with Gasteiger partial charge in [0.2, 0.25) is 0 Å². The summed E-state index contributed by atoms with van der Waals surface area (Å²) in [7, 11) is 0. The lowest BCUT2D eigenvalue weighted by Gasteiger charge is -2.04. The summed E-state index contributed by atoms with van der Waals surface area (Å²) >= 11 is 0. The van der Waals surface area contributed by atoms with Crippen LogP contribution >= 0.6 is 0 Å². The molecule has 6 heteroatoms. The van der Waals surface area contributed by atoms with Crippen LogP contribution < -0.4 is 16.6 Å². The van der Waals surface area contributed by atoms with E-state index in [9.17, 15) is 0 Å². The molecule has 6 nitrogen and oxygen atoms in total. The molecule has 3 rings (SSSR count). The van der Waals surface area contributed by atoms with E-state index in [0.717, 1.165) is 22.8 Å². The lowest BCUT2D eigenvalue weighted by atomic mass is 10.2. The molecule has 16 heavy (non-hydrogen) atoms. The predicted molar refractivity (Wildman–Crippen MR) is 60.1 cm³/mol. The van der Waals surface area contributed by atoms with E-state index in [4.69, 9.17) is 5.73 Å². The van der Waals surface area contributed by atoms with Crippen LogP contribution in [0.5, 0.6) is 0 Å². The summed E-state index contributed by atoms with van der Waals surface area (Å²) < 4.78 is 0. The fraction of sp³-hybridized carbons (Fsp3) is 0.100. The van der Waals surface area contributed by atoms with Crippen molar-refractivity contribution in [1.29, 1.82) is 0 Å². The molecular weight excluding hydrogens is 204 g/mol. The van der Waals surface area contributed by atoms with Crippen LogP contribution in [0.25, 0.3) is 11.3 Å². The van der Waals surface area contributed by atoms with Crippen LogP contribution in [0.2, 0.25) is 0 Å². The van der Waals surface area contributed by atoms with E-state index in [1.54, 1.807) is 12.4 Å². The molecule has 0 unspecified atom stereocenters. The second-order valence-corrected chi connectivity index (χ2v) is 3.47. The van der Waals surface area contributed by atoms with Gasteiger partial charge in [0.15, 0.2) is 5.82 Å². The van der Waals surface area contributed by atoms with Crippen LogP contribution in [0.4, 0.5) is 11.6 Å². The van der Waals surface area contributed by atoms with Crippen molar-refractivity contribution in [2.24, 2.45) is 0 Å². The normalized spacial score (nSPS) is 13.2. The van der Waals surface area contributed by atoms with Gasteiger partial charge in [-0.25, -0.2) is 20.4 Å². The van der Waals surface area contributed by atoms with Crippen molar-refractivity contribution in [3.05, 3.63) is 30.2 Å². The zero-order chi connectivity index (χ0) is 11.0. The molecule has 1 aliphatic heterocycles. The van der Waals surface area contributed by atoms with Crippen LogP contribution in [0.1, 0.15) is 5.69 Å². The maximum Gasteiger partial charge on any atom is 0.163 e. The molecule has 0 fully saturated rings. The fourth-order valence-corrected chi connectivity index (χ4v) is 1.63. The Balaban J connectivity index is 2.11. The van der Waals surface area contributed by atoms with Crippen molar-refractivity contribution in [1.82, 2.24) is 20.4 Å². The highest BCUT2D eigenvalue weighted by molar-refractivity contribution is 5.70. The molecule has 3 heterocycles. The van der Waals surface area contributed by atoms with E-state index in [1.165, 1.54) is 0 Å². The number of nitrogen functional groups attached to an aromatic ring is 1. The van der Waals surface area contributed by atoms with Crippen molar-refractivity contribution in [2.75, 3.05) is 11.2 Å². The highest BCUT2D eigenvalue weighted by atomic mass is 15.4. The monoisotopic (exact) mass is 214 g/mol. The zero-order valence-corrected chi connectivity index (χ0v) is 8.44. The van der Waals surface area contributed by atoms with Crippen LogP contribution in [0, 0.1) is 0 Å². The molecule has 0 spiro atoms. The third kappa shape index (κ3) is 1.36. The summed E-state index contributed by atoms with van der Waals surface area (Å²) in [5.74, 6) is 1.24. The lowest BCUT2D eigenvalue weighted by Crippen LogP contribution is -2.11. The van der Waals surface area contributed by atoms with Gasteiger partial charge in [0.05, 0.1) is 18.4 Å². The highest BCUT2D eigenvalue weighted by Crippen LogP contribution is 2.24. The number of nitrogens with zero attached hydrogens (tertiary/aromatic N) is 3. The van der Waals surface area contributed by atoms with Crippen LogP contribution in [0.3, 0.4) is 0 Å². The van der Waals surface area contributed by atoms with Crippen LogP contribution in [-0.4, -0.2) is 15.0 Å².